The Morgan fingerprint density at radius 2 is 2.12 bits per heavy atom. The third-order valence-electron chi connectivity index (χ3n) is 2.21. The van der Waals surface area contributed by atoms with E-state index in [1.54, 1.807) is 0 Å². The molecule has 2 rings (SSSR count). The van der Waals surface area contributed by atoms with Crippen LogP contribution in [0.5, 0.6) is 0 Å². The second kappa shape index (κ2) is 5.06. The lowest BCUT2D eigenvalue weighted by molar-refractivity contribution is 0.463. The monoisotopic (exact) mass is 291 g/mol. The lowest BCUT2D eigenvalue weighted by atomic mass is 10.2. The zero-order valence-corrected chi connectivity index (χ0v) is 10.8. The molecule has 0 unspecified atom stereocenters. The van der Waals surface area contributed by atoms with E-state index in [2.05, 4.69) is 37.4 Å². The molecule has 2 aromatic rings. The normalized spacial score (nSPS) is 12.1. The predicted octanol–water partition coefficient (Wildman–Crippen LogP) is 2.26. The fraction of sp³-hybridized carbons (Fsp3) is 0.273. The molecule has 1 aromatic heterocycles. The minimum absolute atomic E-state index is 0.123. The van der Waals surface area contributed by atoms with Crippen LogP contribution in [-0.2, 0) is 6.54 Å². The SMILES string of the molecule is C[C@H](C#N)Cn1nnc(-c2ccc(Br)cc2)n1. The van der Waals surface area contributed by atoms with Crippen molar-refractivity contribution in [2.45, 2.75) is 13.5 Å². The lowest BCUT2D eigenvalue weighted by Crippen LogP contribution is -2.09. The summed E-state index contributed by atoms with van der Waals surface area (Å²) < 4.78 is 1.01. The molecule has 5 nitrogen and oxygen atoms in total. The Hall–Kier alpha value is -1.74. The van der Waals surface area contributed by atoms with Crippen LogP contribution < -0.4 is 0 Å². The highest BCUT2D eigenvalue weighted by Gasteiger charge is 2.08. The molecule has 86 valence electrons. The van der Waals surface area contributed by atoms with E-state index in [1.165, 1.54) is 4.80 Å². The van der Waals surface area contributed by atoms with Crippen LogP contribution >= 0.6 is 15.9 Å². The summed E-state index contributed by atoms with van der Waals surface area (Å²) in [6.07, 6.45) is 0. The van der Waals surface area contributed by atoms with Gasteiger partial charge in [0, 0.05) is 10.0 Å². The van der Waals surface area contributed by atoms with Crippen molar-refractivity contribution < 1.29 is 0 Å². The molecule has 0 N–H and O–H groups in total. The summed E-state index contributed by atoms with van der Waals surface area (Å²) in [4.78, 5) is 1.45. The predicted molar refractivity (Wildman–Crippen MR) is 65.7 cm³/mol. The number of nitrogens with zero attached hydrogens (tertiary/aromatic N) is 5. The van der Waals surface area contributed by atoms with Crippen molar-refractivity contribution in [3.8, 4) is 17.5 Å². The molecule has 0 fully saturated rings. The molecule has 0 amide bonds. The lowest BCUT2D eigenvalue weighted by Gasteiger charge is -1.98. The van der Waals surface area contributed by atoms with E-state index in [9.17, 15) is 0 Å². The van der Waals surface area contributed by atoms with E-state index in [1.807, 2.05) is 31.2 Å². The van der Waals surface area contributed by atoms with Crippen LogP contribution in [0.2, 0.25) is 0 Å². The van der Waals surface area contributed by atoms with Gasteiger partial charge < -0.3 is 0 Å². The van der Waals surface area contributed by atoms with Gasteiger partial charge in [0.25, 0.3) is 0 Å². The van der Waals surface area contributed by atoms with Crippen LogP contribution in [0.25, 0.3) is 11.4 Å². The summed E-state index contributed by atoms with van der Waals surface area (Å²) in [6, 6.07) is 9.82. The van der Waals surface area contributed by atoms with Crippen LogP contribution in [0, 0.1) is 17.2 Å². The number of rotatable bonds is 3. The van der Waals surface area contributed by atoms with Crippen LogP contribution in [0.1, 0.15) is 6.92 Å². The first-order valence-electron chi connectivity index (χ1n) is 5.12. The van der Waals surface area contributed by atoms with E-state index in [-0.39, 0.29) is 5.92 Å². The fourth-order valence-corrected chi connectivity index (χ4v) is 1.59. The topological polar surface area (TPSA) is 67.4 Å². The van der Waals surface area contributed by atoms with E-state index in [4.69, 9.17) is 5.26 Å². The first-order valence-corrected chi connectivity index (χ1v) is 5.91. The van der Waals surface area contributed by atoms with Crippen molar-refractivity contribution in [2.75, 3.05) is 0 Å². The molecule has 0 bridgehead atoms. The van der Waals surface area contributed by atoms with Crippen molar-refractivity contribution in [1.82, 2.24) is 20.2 Å². The highest BCUT2D eigenvalue weighted by Crippen LogP contribution is 2.17. The van der Waals surface area contributed by atoms with Gasteiger partial charge in [-0.3, -0.25) is 0 Å². The van der Waals surface area contributed by atoms with Gasteiger partial charge in [-0.2, -0.15) is 10.1 Å². The van der Waals surface area contributed by atoms with Gasteiger partial charge in [-0.1, -0.05) is 15.9 Å². The molecule has 0 saturated carbocycles. The molecule has 0 saturated heterocycles. The van der Waals surface area contributed by atoms with Gasteiger partial charge in [0.15, 0.2) is 0 Å². The third kappa shape index (κ3) is 2.88. The molecule has 17 heavy (non-hydrogen) atoms. The molecule has 1 atom stereocenters. The van der Waals surface area contributed by atoms with Crippen LogP contribution in [0.3, 0.4) is 0 Å². The van der Waals surface area contributed by atoms with Crippen LogP contribution in [0.4, 0.5) is 0 Å². The molecular formula is C11H10BrN5. The smallest absolute Gasteiger partial charge is 0.198 e. The number of tetrazole rings is 1. The molecule has 1 aromatic carbocycles. The van der Waals surface area contributed by atoms with Crippen LogP contribution in [-0.4, -0.2) is 20.2 Å². The maximum Gasteiger partial charge on any atom is 0.204 e. The summed E-state index contributed by atoms with van der Waals surface area (Å²) in [7, 11) is 0. The number of aromatic nitrogens is 4. The standard InChI is InChI=1S/C11H10BrN5/c1-8(6-13)7-17-15-11(14-16-17)9-2-4-10(12)5-3-9/h2-5,8H,7H2,1H3/t8-/m1/s1. The number of halogens is 1. The van der Waals surface area contributed by atoms with E-state index in [0.29, 0.717) is 12.4 Å². The average Bonchev–Trinajstić information content (AvgIpc) is 2.78. The quantitative estimate of drug-likeness (QED) is 0.870. The summed E-state index contributed by atoms with van der Waals surface area (Å²) in [5, 5.41) is 20.8. The Morgan fingerprint density at radius 3 is 2.76 bits per heavy atom. The molecule has 0 aliphatic carbocycles. The Balaban J connectivity index is 2.18. The molecule has 0 radical (unpaired) electrons. The number of benzene rings is 1. The Bertz CT molecular complexity index is 540. The van der Waals surface area contributed by atoms with Crippen molar-refractivity contribution in [3.05, 3.63) is 28.7 Å². The van der Waals surface area contributed by atoms with E-state index >= 15 is 0 Å². The maximum atomic E-state index is 8.71. The van der Waals surface area contributed by atoms with Gasteiger partial charge in [-0.05, 0) is 36.4 Å². The second-order valence-corrected chi connectivity index (χ2v) is 4.62. The molecule has 1 heterocycles. The average molecular weight is 292 g/mol. The van der Waals surface area contributed by atoms with Gasteiger partial charge in [0.1, 0.15) is 0 Å². The molecule has 6 heteroatoms. The van der Waals surface area contributed by atoms with Gasteiger partial charge in [0.2, 0.25) is 5.82 Å². The third-order valence-corrected chi connectivity index (χ3v) is 2.74. The molecule has 0 aliphatic rings. The molecule has 0 spiro atoms. The Kier molecular flexibility index (Phi) is 3.49. The molecule has 0 aliphatic heterocycles. The summed E-state index contributed by atoms with van der Waals surface area (Å²) >= 11 is 3.37. The minimum Gasteiger partial charge on any atom is -0.198 e. The highest BCUT2D eigenvalue weighted by atomic mass is 79.9. The summed E-state index contributed by atoms with van der Waals surface area (Å²) in [5.74, 6) is 0.449. The zero-order valence-electron chi connectivity index (χ0n) is 9.21. The zero-order chi connectivity index (χ0) is 12.3. The first-order chi connectivity index (χ1) is 8.19. The van der Waals surface area contributed by atoms with Gasteiger partial charge in [-0.15, -0.1) is 10.2 Å². The Labute approximate surface area is 107 Å². The highest BCUT2D eigenvalue weighted by molar-refractivity contribution is 9.10. The van der Waals surface area contributed by atoms with Gasteiger partial charge in [0.05, 0.1) is 18.5 Å². The fourth-order valence-electron chi connectivity index (χ4n) is 1.32. The first kappa shape index (κ1) is 11.7. The largest absolute Gasteiger partial charge is 0.204 e. The van der Waals surface area contributed by atoms with Crippen LogP contribution in [0.15, 0.2) is 28.7 Å². The number of nitriles is 1. The maximum absolute atomic E-state index is 8.71. The van der Waals surface area contributed by atoms with E-state index in [0.717, 1.165) is 10.0 Å². The summed E-state index contributed by atoms with van der Waals surface area (Å²) in [5.41, 5.74) is 0.907. The van der Waals surface area contributed by atoms with Crippen molar-refractivity contribution >= 4 is 15.9 Å². The Morgan fingerprint density at radius 1 is 1.41 bits per heavy atom. The second-order valence-electron chi connectivity index (χ2n) is 3.70. The van der Waals surface area contributed by atoms with Crippen molar-refractivity contribution in [2.24, 2.45) is 5.92 Å². The van der Waals surface area contributed by atoms with Crippen molar-refractivity contribution in [3.63, 3.8) is 0 Å². The van der Waals surface area contributed by atoms with Gasteiger partial charge in [-0.25, -0.2) is 0 Å². The molecular weight excluding hydrogens is 282 g/mol. The summed E-state index contributed by atoms with van der Waals surface area (Å²) in [6.45, 7) is 2.28. The number of hydrogen-bond acceptors (Lipinski definition) is 4. The van der Waals surface area contributed by atoms with Crippen molar-refractivity contribution in [1.29, 1.82) is 5.26 Å². The minimum atomic E-state index is -0.123. The van der Waals surface area contributed by atoms with E-state index < -0.39 is 0 Å². The van der Waals surface area contributed by atoms with Gasteiger partial charge >= 0.3 is 0 Å². The number of hydrogen-bond donors (Lipinski definition) is 0.